The summed E-state index contributed by atoms with van der Waals surface area (Å²) in [6.07, 6.45) is 5.19. The van der Waals surface area contributed by atoms with Crippen molar-refractivity contribution in [2.75, 3.05) is 13.6 Å². The van der Waals surface area contributed by atoms with Crippen LogP contribution in [0.15, 0.2) is 0 Å². The summed E-state index contributed by atoms with van der Waals surface area (Å²) in [7, 11) is 1.78. The van der Waals surface area contributed by atoms with Gasteiger partial charge in [-0.3, -0.25) is 4.79 Å². The van der Waals surface area contributed by atoms with E-state index in [0.29, 0.717) is 12.6 Å². The summed E-state index contributed by atoms with van der Waals surface area (Å²) in [6, 6.07) is 0.245. The summed E-state index contributed by atoms with van der Waals surface area (Å²) < 4.78 is 5.75. The third-order valence-corrected chi connectivity index (χ3v) is 3.07. The highest BCUT2D eigenvalue weighted by molar-refractivity contribution is 5.78. The van der Waals surface area contributed by atoms with Gasteiger partial charge in [-0.05, 0) is 32.7 Å². The van der Waals surface area contributed by atoms with Crippen molar-refractivity contribution in [1.82, 2.24) is 10.6 Å². The van der Waals surface area contributed by atoms with Gasteiger partial charge >= 0.3 is 0 Å². The summed E-state index contributed by atoms with van der Waals surface area (Å²) >= 11 is 0. The molecule has 3 unspecified atom stereocenters. The Morgan fingerprint density at radius 3 is 2.93 bits per heavy atom. The van der Waals surface area contributed by atoms with E-state index in [0.717, 1.165) is 19.3 Å². The molecule has 2 bridgehead atoms. The number of likely N-dealkylation sites (N-methyl/N-ethyl adjacent to an activating group) is 1. The second-order valence-electron chi connectivity index (χ2n) is 4.16. The molecule has 4 heteroatoms. The minimum atomic E-state index is 0.0754. The maximum Gasteiger partial charge on any atom is 0.234 e. The molecule has 2 N–H and O–H groups in total. The van der Waals surface area contributed by atoms with Gasteiger partial charge in [0.1, 0.15) is 0 Å². The van der Waals surface area contributed by atoms with Crippen molar-refractivity contribution in [3.05, 3.63) is 0 Å². The Balaban J connectivity index is 1.82. The maximum absolute atomic E-state index is 11.4. The van der Waals surface area contributed by atoms with Crippen LogP contribution in [0.25, 0.3) is 0 Å². The van der Waals surface area contributed by atoms with Crippen LogP contribution in [0, 0.1) is 0 Å². The van der Waals surface area contributed by atoms with Crippen molar-refractivity contribution >= 4 is 5.91 Å². The zero-order valence-corrected chi connectivity index (χ0v) is 8.58. The second kappa shape index (κ2) is 4.28. The van der Waals surface area contributed by atoms with Gasteiger partial charge in [0.05, 0.1) is 24.8 Å². The Bertz CT molecular complexity index is 220. The van der Waals surface area contributed by atoms with Crippen LogP contribution in [-0.4, -0.2) is 37.7 Å². The van der Waals surface area contributed by atoms with Crippen LogP contribution in [-0.2, 0) is 9.53 Å². The molecule has 2 fully saturated rings. The van der Waals surface area contributed by atoms with Crippen molar-refractivity contribution < 1.29 is 9.53 Å². The number of hydrogen-bond donors (Lipinski definition) is 2. The molecule has 2 aliphatic rings. The zero-order chi connectivity index (χ0) is 9.97. The number of nitrogens with one attached hydrogen (secondary N) is 2. The minimum Gasteiger partial charge on any atom is -0.373 e. The molecule has 0 aliphatic carbocycles. The summed E-state index contributed by atoms with van der Waals surface area (Å²) in [4.78, 5) is 11.4. The van der Waals surface area contributed by atoms with E-state index in [-0.39, 0.29) is 18.1 Å². The van der Waals surface area contributed by atoms with Gasteiger partial charge in [0.25, 0.3) is 0 Å². The fourth-order valence-corrected chi connectivity index (χ4v) is 2.38. The molecule has 3 atom stereocenters. The molecular weight excluding hydrogens is 180 g/mol. The molecule has 2 heterocycles. The predicted octanol–water partition coefficient (Wildman–Crippen LogP) is 0.0320. The van der Waals surface area contributed by atoms with Crippen LogP contribution in [0.4, 0.5) is 0 Å². The monoisotopic (exact) mass is 198 g/mol. The lowest BCUT2D eigenvalue weighted by molar-refractivity contribution is -0.123. The molecule has 2 saturated heterocycles. The van der Waals surface area contributed by atoms with Crippen LogP contribution in [0.2, 0.25) is 0 Å². The van der Waals surface area contributed by atoms with E-state index in [1.807, 2.05) is 0 Å². The van der Waals surface area contributed by atoms with Gasteiger partial charge in [-0.25, -0.2) is 0 Å². The molecule has 2 rings (SSSR count). The van der Waals surface area contributed by atoms with Gasteiger partial charge < -0.3 is 15.4 Å². The molecule has 2 aliphatic heterocycles. The summed E-state index contributed by atoms with van der Waals surface area (Å²) in [5.41, 5.74) is 0. The Morgan fingerprint density at radius 2 is 2.14 bits per heavy atom. The Hall–Kier alpha value is -0.610. The molecule has 1 amide bonds. The van der Waals surface area contributed by atoms with Crippen molar-refractivity contribution in [3.63, 3.8) is 0 Å². The number of amides is 1. The quantitative estimate of drug-likeness (QED) is 0.673. The molecule has 0 radical (unpaired) electrons. The van der Waals surface area contributed by atoms with Crippen molar-refractivity contribution in [2.45, 2.75) is 43.9 Å². The highest BCUT2D eigenvalue weighted by Crippen LogP contribution is 2.32. The Kier molecular flexibility index (Phi) is 3.03. The van der Waals surface area contributed by atoms with Gasteiger partial charge in [-0.2, -0.15) is 0 Å². The number of carbonyl (C=O) groups excluding carboxylic acids is 1. The number of ether oxygens (including phenoxy) is 1. The standard InChI is InChI=1S/C10H18N2O2/c1-11-6-10(13)12-8-4-2-7-3-5-9(8)14-7/h7-9,11H,2-6H2,1H3,(H,12,13). The van der Waals surface area contributed by atoms with Gasteiger partial charge in [0.15, 0.2) is 0 Å². The Labute approximate surface area is 84.4 Å². The van der Waals surface area contributed by atoms with Crippen LogP contribution in [0.5, 0.6) is 0 Å². The SMILES string of the molecule is CNCC(=O)NC1CCC2CCC1O2. The van der Waals surface area contributed by atoms with Crippen molar-refractivity contribution in [1.29, 1.82) is 0 Å². The molecule has 0 saturated carbocycles. The van der Waals surface area contributed by atoms with E-state index in [1.165, 1.54) is 6.42 Å². The number of hydrogen-bond acceptors (Lipinski definition) is 3. The highest BCUT2D eigenvalue weighted by atomic mass is 16.5. The third kappa shape index (κ3) is 2.07. The second-order valence-corrected chi connectivity index (χ2v) is 4.16. The van der Waals surface area contributed by atoms with Gasteiger partial charge in [0.2, 0.25) is 5.91 Å². The molecule has 0 aromatic carbocycles. The minimum absolute atomic E-state index is 0.0754. The first kappa shape index (κ1) is 9.93. The first-order valence-corrected chi connectivity index (χ1v) is 5.39. The van der Waals surface area contributed by atoms with E-state index in [2.05, 4.69) is 10.6 Å². The van der Waals surface area contributed by atoms with Crippen LogP contribution >= 0.6 is 0 Å². The molecule has 0 aromatic heterocycles. The zero-order valence-electron chi connectivity index (χ0n) is 8.58. The third-order valence-electron chi connectivity index (χ3n) is 3.07. The number of fused-ring (bicyclic) bond motifs is 2. The lowest BCUT2D eigenvalue weighted by atomic mass is 10.0. The maximum atomic E-state index is 11.4. The van der Waals surface area contributed by atoms with Gasteiger partial charge in [0, 0.05) is 0 Å². The summed E-state index contributed by atoms with van der Waals surface area (Å²) in [5, 5.41) is 5.87. The molecule has 0 spiro atoms. The van der Waals surface area contributed by atoms with Crippen LogP contribution in [0.1, 0.15) is 25.7 Å². The molecular formula is C10H18N2O2. The largest absolute Gasteiger partial charge is 0.373 e. The summed E-state index contributed by atoms with van der Waals surface area (Å²) in [6.45, 7) is 0.395. The van der Waals surface area contributed by atoms with Crippen LogP contribution < -0.4 is 10.6 Å². The first-order chi connectivity index (χ1) is 6.79. The Morgan fingerprint density at radius 1 is 1.36 bits per heavy atom. The fourth-order valence-electron chi connectivity index (χ4n) is 2.38. The van der Waals surface area contributed by atoms with E-state index < -0.39 is 0 Å². The number of rotatable bonds is 3. The van der Waals surface area contributed by atoms with E-state index >= 15 is 0 Å². The van der Waals surface area contributed by atoms with Gasteiger partial charge in [-0.15, -0.1) is 0 Å². The first-order valence-electron chi connectivity index (χ1n) is 5.39. The van der Waals surface area contributed by atoms with Crippen molar-refractivity contribution in [2.24, 2.45) is 0 Å². The smallest absolute Gasteiger partial charge is 0.234 e. The topological polar surface area (TPSA) is 50.4 Å². The average molecular weight is 198 g/mol. The molecule has 80 valence electrons. The lowest BCUT2D eigenvalue weighted by Gasteiger charge is -2.29. The van der Waals surface area contributed by atoms with E-state index in [1.54, 1.807) is 7.05 Å². The lowest BCUT2D eigenvalue weighted by Crippen LogP contribution is -2.48. The average Bonchev–Trinajstić information content (AvgIpc) is 2.54. The van der Waals surface area contributed by atoms with Gasteiger partial charge in [-0.1, -0.05) is 0 Å². The molecule has 4 nitrogen and oxygen atoms in total. The fraction of sp³-hybridized carbons (Fsp3) is 0.900. The normalized spacial score (nSPS) is 35.6. The van der Waals surface area contributed by atoms with Crippen LogP contribution in [0.3, 0.4) is 0 Å². The highest BCUT2D eigenvalue weighted by Gasteiger charge is 2.37. The molecule has 14 heavy (non-hydrogen) atoms. The van der Waals surface area contributed by atoms with E-state index in [4.69, 9.17) is 4.74 Å². The molecule has 0 aromatic rings. The van der Waals surface area contributed by atoms with E-state index in [9.17, 15) is 4.79 Å². The van der Waals surface area contributed by atoms with Crippen molar-refractivity contribution in [3.8, 4) is 0 Å². The number of carbonyl (C=O) groups is 1. The summed E-state index contributed by atoms with van der Waals surface area (Å²) in [5.74, 6) is 0.0754. The predicted molar refractivity (Wildman–Crippen MR) is 53.0 cm³/mol.